The average Bonchev–Trinajstić information content (AvgIpc) is 3.50. The molecular weight excluding hydrogens is 336 g/mol. The normalized spacial score (nSPS) is 18.3. The van der Waals surface area contributed by atoms with Crippen LogP contribution in [0.1, 0.15) is 117 Å². The summed E-state index contributed by atoms with van der Waals surface area (Å²) in [6.45, 7) is 8.33. The van der Waals surface area contributed by atoms with Gasteiger partial charge in [0, 0.05) is 6.42 Å². The Labute approximate surface area is 169 Å². The van der Waals surface area contributed by atoms with Crippen LogP contribution in [0.2, 0.25) is 0 Å². The third kappa shape index (κ3) is 14.1. The van der Waals surface area contributed by atoms with Crippen molar-refractivity contribution in [1.82, 2.24) is 0 Å². The number of unbranched alkanes of at least 4 members (excludes halogenated alkanes) is 7. The zero-order valence-corrected chi connectivity index (χ0v) is 18.5. The van der Waals surface area contributed by atoms with Crippen LogP contribution in [0.5, 0.6) is 0 Å². The molecule has 0 aliphatic carbocycles. The van der Waals surface area contributed by atoms with Gasteiger partial charge < -0.3 is 9.47 Å². The Morgan fingerprint density at radius 3 is 2.15 bits per heavy atom. The summed E-state index contributed by atoms with van der Waals surface area (Å²) in [4.78, 5) is 12.0. The molecule has 27 heavy (non-hydrogen) atoms. The van der Waals surface area contributed by atoms with Gasteiger partial charge in [-0.15, -0.1) is 0 Å². The predicted molar refractivity (Wildman–Crippen MR) is 114 cm³/mol. The monoisotopic (exact) mass is 382 g/mol. The van der Waals surface area contributed by atoms with Gasteiger partial charge in [0.25, 0.3) is 0 Å². The fourth-order valence-corrected chi connectivity index (χ4v) is 3.87. The first kappa shape index (κ1) is 24.5. The van der Waals surface area contributed by atoms with Gasteiger partial charge in [0.2, 0.25) is 0 Å². The van der Waals surface area contributed by atoms with Gasteiger partial charge in [-0.2, -0.15) is 0 Å². The second-order valence-electron chi connectivity index (χ2n) is 8.67. The van der Waals surface area contributed by atoms with Crippen LogP contribution in [-0.2, 0) is 14.3 Å². The van der Waals surface area contributed by atoms with E-state index in [0.717, 1.165) is 38.2 Å². The molecule has 1 aliphatic rings. The van der Waals surface area contributed by atoms with Gasteiger partial charge in [-0.05, 0) is 31.1 Å². The summed E-state index contributed by atoms with van der Waals surface area (Å²) in [7, 11) is 0. The van der Waals surface area contributed by atoms with Crippen LogP contribution in [0.25, 0.3) is 0 Å². The zero-order valence-electron chi connectivity index (χ0n) is 18.5. The summed E-state index contributed by atoms with van der Waals surface area (Å²) in [5.41, 5.74) is 0. The maximum absolute atomic E-state index is 12.0. The average molecular weight is 383 g/mol. The maximum atomic E-state index is 12.0. The lowest BCUT2D eigenvalue weighted by Gasteiger charge is -2.17. The molecule has 0 saturated carbocycles. The lowest BCUT2D eigenvalue weighted by atomic mass is 9.92. The highest BCUT2D eigenvalue weighted by molar-refractivity contribution is 5.69. The molecule has 3 unspecified atom stereocenters. The van der Waals surface area contributed by atoms with Crippen molar-refractivity contribution in [3.8, 4) is 0 Å². The number of hydrogen-bond donors (Lipinski definition) is 0. The Morgan fingerprint density at radius 1 is 0.889 bits per heavy atom. The largest absolute Gasteiger partial charge is 0.466 e. The molecule has 1 saturated heterocycles. The lowest BCUT2D eigenvalue weighted by Crippen LogP contribution is -2.11. The number of ether oxygens (including phenoxy) is 2. The SMILES string of the molecule is CCCCCCCC(CCCCC)CCOC(=O)CCCCC(C)C1CO1. The molecule has 0 spiro atoms. The summed E-state index contributed by atoms with van der Waals surface area (Å²) in [5, 5.41) is 0. The highest BCUT2D eigenvalue weighted by Crippen LogP contribution is 2.25. The van der Waals surface area contributed by atoms with Gasteiger partial charge in [-0.25, -0.2) is 0 Å². The van der Waals surface area contributed by atoms with Gasteiger partial charge in [-0.3, -0.25) is 4.79 Å². The summed E-state index contributed by atoms with van der Waals surface area (Å²) in [6, 6.07) is 0. The summed E-state index contributed by atoms with van der Waals surface area (Å²) < 4.78 is 10.8. The van der Waals surface area contributed by atoms with Crippen LogP contribution in [0.3, 0.4) is 0 Å². The minimum Gasteiger partial charge on any atom is -0.466 e. The Bertz CT molecular complexity index is 352. The number of hydrogen-bond acceptors (Lipinski definition) is 3. The van der Waals surface area contributed by atoms with Gasteiger partial charge in [0.05, 0.1) is 19.3 Å². The van der Waals surface area contributed by atoms with Gasteiger partial charge >= 0.3 is 5.97 Å². The summed E-state index contributed by atoms with van der Waals surface area (Å²) in [5.74, 6) is 1.38. The second kappa shape index (κ2) is 16.4. The Hall–Kier alpha value is -0.570. The molecule has 1 rings (SSSR count). The predicted octanol–water partition coefficient (Wildman–Crippen LogP) is 7.07. The van der Waals surface area contributed by atoms with E-state index < -0.39 is 0 Å². The molecule has 0 aromatic heterocycles. The van der Waals surface area contributed by atoms with E-state index in [4.69, 9.17) is 9.47 Å². The van der Waals surface area contributed by atoms with Crippen LogP contribution in [0.15, 0.2) is 0 Å². The van der Waals surface area contributed by atoms with Crippen molar-refractivity contribution in [2.45, 2.75) is 123 Å². The molecule has 0 bridgehead atoms. The van der Waals surface area contributed by atoms with E-state index in [1.807, 2.05) is 0 Å². The molecule has 0 N–H and O–H groups in total. The van der Waals surface area contributed by atoms with E-state index in [0.29, 0.717) is 25.0 Å². The number of carbonyl (C=O) groups is 1. The molecule has 3 atom stereocenters. The standard InChI is InChI=1S/C24H46O3/c1-4-6-8-9-11-16-22(15-10-7-5-2)18-19-26-24(25)17-13-12-14-21(3)23-20-27-23/h21-23H,4-20H2,1-3H3. The van der Waals surface area contributed by atoms with E-state index >= 15 is 0 Å². The lowest BCUT2D eigenvalue weighted by molar-refractivity contribution is -0.144. The molecule has 0 radical (unpaired) electrons. The van der Waals surface area contributed by atoms with Crippen LogP contribution >= 0.6 is 0 Å². The Morgan fingerprint density at radius 2 is 1.48 bits per heavy atom. The van der Waals surface area contributed by atoms with Crippen molar-refractivity contribution in [3.63, 3.8) is 0 Å². The molecule has 1 aliphatic heterocycles. The van der Waals surface area contributed by atoms with Crippen molar-refractivity contribution in [1.29, 1.82) is 0 Å². The van der Waals surface area contributed by atoms with Crippen molar-refractivity contribution < 1.29 is 14.3 Å². The fourth-order valence-electron chi connectivity index (χ4n) is 3.87. The minimum absolute atomic E-state index is 0.000536. The first-order valence-corrected chi connectivity index (χ1v) is 11.9. The second-order valence-corrected chi connectivity index (χ2v) is 8.67. The first-order valence-electron chi connectivity index (χ1n) is 11.9. The van der Waals surface area contributed by atoms with E-state index in [9.17, 15) is 4.79 Å². The molecule has 0 aromatic rings. The highest BCUT2D eigenvalue weighted by atomic mass is 16.6. The van der Waals surface area contributed by atoms with E-state index in [1.54, 1.807) is 0 Å². The number of rotatable bonds is 19. The molecule has 3 nitrogen and oxygen atoms in total. The maximum Gasteiger partial charge on any atom is 0.305 e. The topological polar surface area (TPSA) is 38.8 Å². The molecular formula is C24H46O3. The molecule has 1 fully saturated rings. The van der Waals surface area contributed by atoms with Gasteiger partial charge in [0.15, 0.2) is 0 Å². The fraction of sp³-hybridized carbons (Fsp3) is 0.958. The zero-order chi connectivity index (χ0) is 19.7. The van der Waals surface area contributed by atoms with Crippen LogP contribution in [-0.4, -0.2) is 25.3 Å². The van der Waals surface area contributed by atoms with E-state index in [-0.39, 0.29) is 5.97 Å². The molecule has 0 amide bonds. The number of carbonyl (C=O) groups excluding carboxylic acids is 1. The van der Waals surface area contributed by atoms with Crippen molar-refractivity contribution >= 4 is 5.97 Å². The Kier molecular flexibility index (Phi) is 14.9. The first-order chi connectivity index (χ1) is 13.2. The quantitative estimate of drug-likeness (QED) is 0.136. The van der Waals surface area contributed by atoms with Crippen LogP contribution < -0.4 is 0 Å². The van der Waals surface area contributed by atoms with Crippen molar-refractivity contribution in [2.75, 3.05) is 13.2 Å². The van der Waals surface area contributed by atoms with Crippen LogP contribution in [0.4, 0.5) is 0 Å². The van der Waals surface area contributed by atoms with E-state index in [1.165, 1.54) is 64.2 Å². The highest BCUT2D eigenvalue weighted by Gasteiger charge is 2.28. The molecule has 160 valence electrons. The van der Waals surface area contributed by atoms with E-state index in [2.05, 4.69) is 20.8 Å². The molecule has 0 aromatic carbocycles. The summed E-state index contributed by atoms with van der Waals surface area (Å²) >= 11 is 0. The summed E-state index contributed by atoms with van der Waals surface area (Å²) in [6.07, 6.45) is 18.6. The van der Waals surface area contributed by atoms with Crippen molar-refractivity contribution in [3.05, 3.63) is 0 Å². The van der Waals surface area contributed by atoms with Crippen molar-refractivity contribution in [2.24, 2.45) is 11.8 Å². The molecule has 3 heteroatoms. The number of epoxide rings is 1. The van der Waals surface area contributed by atoms with Gasteiger partial charge in [-0.1, -0.05) is 91.4 Å². The number of esters is 1. The third-order valence-electron chi connectivity index (χ3n) is 6.01. The van der Waals surface area contributed by atoms with Gasteiger partial charge in [0.1, 0.15) is 0 Å². The minimum atomic E-state index is 0.000536. The molecule has 1 heterocycles. The van der Waals surface area contributed by atoms with Crippen LogP contribution in [0, 0.1) is 11.8 Å². The third-order valence-corrected chi connectivity index (χ3v) is 6.01. The smallest absolute Gasteiger partial charge is 0.305 e. The Balaban J connectivity index is 2.07.